The second-order valence-corrected chi connectivity index (χ2v) is 8.13. The molecule has 3 aromatic rings. The number of oxazole rings is 1. The molecule has 1 N–H and O–H groups in total. The third kappa shape index (κ3) is 3.96. The number of carbonyl (C=O) groups excluding carboxylic acids is 1. The molecule has 4 rings (SSSR count). The first-order valence-electron chi connectivity index (χ1n) is 9.14. The smallest absolute Gasteiger partial charge is 0.406 e. The van der Waals surface area contributed by atoms with Crippen LogP contribution in [0.2, 0.25) is 0 Å². The van der Waals surface area contributed by atoms with E-state index in [-0.39, 0.29) is 17.7 Å². The van der Waals surface area contributed by atoms with Crippen molar-refractivity contribution in [2.75, 3.05) is 19.6 Å². The molecule has 1 aliphatic rings. The maximum atomic E-state index is 12.3. The van der Waals surface area contributed by atoms with Gasteiger partial charge < -0.3 is 14.6 Å². The molecule has 1 saturated heterocycles. The van der Waals surface area contributed by atoms with Crippen molar-refractivity contribution in [1.82, 2.24) is 19.8 Å². The number of piperidine rings is 1. The number of aryl methyl sites for hydroxylation is 1. The van der Waals surface area contributed by atoms with Crippen molar-refractivity contribution in [2.45, 2.75) is 32.4 Å². The number of pyridine rings is 1. The molecular formula is C19H22N4O3S. The maximum Gasteiger partial charge on any atom is 0.421 e. The average Bonchev–Trinajstić information content (AvgIpc) is 3.24. The number of carbonyl (C=O) groups is 1. The van der Waals surface area contributed by atoms with Gasteiger partial charge in [-0.2, -0.15) is 0 Å². The van der Waals surface area contributed by atoms with Crippen LogP contribution in [0.3, 0.4) is 0 Å². The molecule has 0 aliphatic carbocycles. The Bertz CT molecular complexity index is 998. The second-order valence-electron chi connectivity index (χ2n) is 6.84. The normalized spacial score (nSPS) is 16.0. The summed E-state index contributed by atoms with van der Waals surface area (Å²) < 4.78 is 6.81. The molecule has 3 aromatic heterocycles. The first kappa shape index (κ1) is 17.9. The van der Waals surface area contributed by atoms with Crippen LogP contribution in [0.1, 0.15) is 27.4 Å². The molecule has 4 heterocycles. The molecule has 0 saturated carbocycles. The van der Waals surface area contributed by atoms with Crippen molar-refractivity contribution in [3.05, 3.63) is 50.8 Å². The number of thiophene rings is 1. The molecule has 142 valence electrons. The summed E-state index contributed by atoms with van der Waals surface area (Å²) in [6.45, 7) is 5.10. The highest BCUT2D eigenvalue weighted by molar-refractivity contribution is 7.13. The Hall–Kier alpha value is -2.45. The first-order valence-corrected chi connectivity index (χ1v) is 9.96. The van der Waals surface area contributed by atoms with Gasteiger partial charge in [-0.15, -0.1) is 11.3 Å². The Balaban J connectivity index is 1.29. The van der Waals surface area contributed by atoms with Crippen LogP contribution in [0, 0.1) is 6.92 Å². The molecule has 1 amide bonds. The van der Waals surface area contributed by atoms with Gasteiger partial charge in [0, 0.05) is 43.3 Å². The van der Waals surface area contributed by atoms with Crippen LogP contribution in [0.25, 0.3) is 11.2 Å². The van der Waals surface area contributed by atoms with E-state index in [4.69, 9.17) is 4.42 Å². The highest BCUT2D eigenvalue weighted by Gasteiger charge is 2.22. The van der Waals surface area contributed by atoms with Crippen LogP contribution < -0.4 is 11.1 Å². The standard InChI is InChI=1S/C19H22N4O3S/c1-13-4-5-16(27-13)18(24)21-14-6-9-22(10-7-14)11-12-23-17-15(26-19(23)25)3-2-8-20-17/h2-5,8,14H,6-7,9-12H2,1H3,(H,21,24). The lowest BCUT2D eigenvalue weighted by molar-refractivity contribution is 0.0914. The molecule has 0 bridgehead atoms. The number of hydrogen-bond acceptors (Lipinski definition) is 6. The van der Waals surface area contributed by atoms with Crippen molar-refractivity contribution in [3.8, 4) is 0 Å². The van der Waals surface area contributed by atoms with Crippen molar-refractivity contribution in [3.63, 3.8) is 0 Å². The van der Waals surface area contributed by atoms with Crippen LogP contribution in [-0.4, -0.2) is 46.0 Å². The van der Waals surface area contributed by atoms with Gasteiger partial charge in [0.1, 0.15) is 0 Å². The van der Waals surface area contributed by atoms with Gasteiger partial charge in [-0.05, 0) is 44.0 Å². The minimum Gasteiger partial charge on any atom is -0.406 e. The molecule has 8 heteroatoms. The Morgan fingerprint density at radius 2 is 2.11 bits per heavy atom. The number of likely N-dealkylation sites (tertiary alicyclic amines) is 1. The number of fused-ring (bicyclic) bond motifs is 1. The Labute approximate surface area is 160 Å². The van der Waals surface area contributed by atoms with Gasteiger partial charge in [0.2, 0.25) is 0 Å². The molecule has 0 unspecified atom stereocenters. The van der Waals surface area contributed by atoms with Crippen LogP contribution >= 0.6 is 11.3 Å². The summed E-state index contributed by atoms with van der Waals surface area (Å²) in [6, 6.07) is 7.56. The molecule has 0 atom stereocenters. The van der Waals surface area contributed by atoms with Crippen molar-refractivity contribution in [1.29, 1.82) is 0 Å². The van der Waals surface area contributed by atoms with E-state index < -0.39 is 0 Å². The summed E-state index contributed by atoms with van der Waals surface area (Å²) in [5.41, 5.74) is 1.11. The predicted molar refractivity (Wildman–Crippen MR) is 104 cm³/mol. The number of hydrogen-bond donors (Lipinski definition) is 1. The van der Waals surface area contributed by atoms with E-state index in [1.54, 1.807) is 22.9 Å². The zero-order valence-corrected chi connectivity index (χ0v) is 16.0. The molecule has 0 aromatic carbocycles. The summed E-state index contributed by atoms with van der Waals surface area (Å²) in [7, 11) is 0. The fourth-order valence-corrected chi connectivity index (χ4v) is 4.22. The summed E-state index contributed by atoms with van der Waals surface area (Å²) in [5.74, 6) is -0.342. The van der Waals surface area contributed by atoms with Gasteiger partial charge in [-0.3, -0.25) is 9.36 Å². The first-order chi connectivity index (χ1) is 13.1. The zero-order chi connectivity index (χ0) is 18.8. The zero-order valence-electron chi connectivity index (χ0n) is 15.2. The monoisotopic (exact) mass is 386 g/mol. The van der Waals surface area contributed by atoms with Gasteiger partial charge in [0.25, 0.3) is 5.91 Å². The predicted octanol–water partition coefficient (Wildman–Crippen LogP) is 2.25. The number of amides is 1. The fraction of sp³-hybridized carbons (Fsp3) is 0.421. The number of nitrogens with zero attached hydrogens (tertiary/aromatic N) is 3. The average molecular weight is 386 g/mol. The van der Waals surface area contributed by atoms with Gasteiger partial charge in [0.15, 0.2) is 11.2 Å². The Morgan fingerprint density at radius 3 is 2.85 bits per heavy atom. The van der Waals surface area contributed by atoms with E-state index in [2.05, 4.69) is 15.2 Å². The van der Waals surface area contributed by atoms with E-state index >= 15 is 0 Å². The molecule has 1 fully saturated rings. The van der Waals surface area contributed by atoms with E-state index in [0.29, 0.717) is 17.8 Å². The lowest BCUT2D eigenvalue weighted by Crippen LogP contribution is -2.45. The molecule has 1 aliphatic heterocycles. The highest BCUT2D eigenvalue weighted by Crippen LogP contribution is 2.17. The van der Waals surface area contributed by atoms with Crippen LogP contribution in [0.4, 0.5) is 0 Å². The Morgan fingerprint density at radius 1 is 1.30 bits per heavy atom. The number of aromatic nitrogens is 2. The quantitative estimate of drug-likeness (QED) is 0.727. The van der Waals surface area contributed by atoms with Gasteiger partial charge in [-0.1, -0.05) is 0 Å². The van der Waals surface area contributed by atoms with E-state index in [1.807, 2.05) is 19.1 Å². The lowest BCUT2D eigenvalue weighted by atomic mass is 10.0. The molecule has 27 heavy (non-hydrogen) atoms. The van der Waals surface area contributed by atoms with E-state index in [1.165, 1.54) is 11.3 Å². The van der Waals surface area contributed by atoms with Crippen LogP contribution in [0.15, 0.2) is 39.7 Å². The maximum absolute atomic E-state index is 12.3. The third-order valence-electron chi connectivity index (χ3n) is 4.95. The minimum atomic E-state index is -0.364. The van der Waals surface area contributed by atoms with Crippen LogP contribution in [-0.2, 0) is 6.54 Å². The van der Waals surface area contributed by atoms with Gasteiger partial charge in [0.05, 0.1) is 4.88 Å². The van der Waals surface area contributed by atoms with Gasteiger partial charge in [-0.25, -0.2) is 9.78 Å². The number of nitrogens with one attached hydrogen (secondary N) is 1. The molecule has 0 spiro atoms. The number of rotatable bonds is 5. The van der Waals surface area contributed by atoms with Crippen LogP contribution in [0.5, 0.6) is 0 Å². The van der Waals surface area contributed by atoms with Crippen molar-refractivity contribution < 1.29 is 9.21 Å². The summed E-state index contributed by atoms with van der Waals surface area (Å²) in [4.78, 5) is 32.8. The SMILES string of the molecule is Cc1ccc(C(=O)NC2CCN(CCn3c(=O)oc4cccnc43)CC2)s1. The fourth-order valence-electron chi connectivity index (χ4n) is 3.45. The summed E-state index contributed by atoms with van der Waals surface area (Å²) in [5, 5.41) is 3.14. The summed E-state index contributed by atoms with van der Waals surface area (Å²) >= 11 is 1.52. The molecular weight excluding hydrogens is 364 g/mol. The third-order valence-corrected chi connectivity index (χ3v) is 5.95. The minimum absolute atomic E-state index is 0.0223. The van der Waals surface area contributed by atoms with E-state index in [0.717, 1.165) is 42.2 Å². The highest BCUT2D eigenvalue weighted by atomic mass is 32.1. The van der Waals surface area contributed by atoms with Crippen molar-refractivity contribution >= 4 is 28.5 Å². The lowest BCUT2D eigenvalue weighted by Gasteiger charge is -2.32. The molecule has 7 nitrogen and oxygen atoms in total. The molecule has 0 radical (unpaired) electrons. The van der Waals surface area contributed by atoms with Gasteiger partial charge >= 0.3 is 5.76 Å². The topological polar surface area (TPSA) is 80.4 Å². The summed E-state index contributed by atoms with van der Waals surface area (Å²) in [6.07, 6.45) is 3.49. The Kier molecular flexibility index (Phi) is 5.09. The largest absolute Gasteiger partial charge is 0.421 e. The van der Waals surface area contributed by atoms with Crippen molar-refractivity contribution in [2.24, 2.45) is 0 Å². The second kappa shape index (κ2) is 7.66. The van der Waals surface area contributed by atoms with E-state index in [9.17, 15) is 9.59 Å².